The number of imidazole rings is 1. The van der Waals surface area contributed by atoms with E-state index in [1.165, 1.54) is 12.1 Å². The number of aryl methyl sites for hydroxylation is 1. The predicted molar refractivity (Wildman–Crippen MR) is 92.8 cm³/mol. The van der Waals surface area contributed by atoms with E-state index >= 15 is 0 Å². The number of aromatic nitrogens is 2. The Bertz CT molecular complexity index is 815. The highest BCUT2D eigenvalue weighted by molar-refractivity contribution is 5.61. The maximum atomic E-state index is 13.2. The number of hydrogen-bond acceptors (Lipinski definition) is 2. The van der Waals surface area contributed by atoms with Crippen LogP contribution in [0.1, 0.15) is 11.4 Å². The van der Waals surface area contributed by atoms with Crippen LogP contribution in [-0.4, -0.2) is 23.6 Å². The van der Waals surface area contributed by atoms with Crippen molar-refractivity contribution >= 4 is 5.69 Å². The van der Waals surface area contributed by atoms with Crippen molar-refractivity contribution in [2.45, 2.75) is 13.8 Å². The van der Waals surface area contributed by atoms with Gasteiger partial charge in [0.15, 0.2) is 0 Å². The Balaban J connectivity index is 2.13. The van der Waals surface area contributed by atoms with Crippen LogP contribution in [-0.2, 0) is 0 Å². The van der Waals surface area contributed by atoms with Crippen LogP contribution in [0.3, 0.4) is 0 Å². The molecule has 0 radical (unpaired) electrons. The Morgan fingerprint density at radius 2 is 1.52 bits per heavy atom. The van der Waals surface area contributed by atoms with Gasteiger partial charge in [-0.3, -0.25) is 4.57 Å². The molecule has 0 aliphatic heterocycles. The minimum absolute atomic E-state index is 0.240. The van der Waals surface area contributed by atoms with Gasteiger partial charge in [-0.25, -0.2) is 9.37 Å². The molecule has 118 valence electrons. The van der Waals surface area contributed by atoms with E-state index in [0.717, 1.165) is 34.2 Å². The summed E-state index contributed by atoms with van der Waals surface area (Å²) in [5, 5.41) is 0. The van der Waals surface area contributed by atoms with Gasteiger partial charge in [0.25, 0.3) is 0 Å². The van der Waals surface area contributed by atoms with Gasteiger partial charge in [0, 0.05) is 36.7 Å². The standard InChI is InChI=1S/C19H20FN3/c1-13-14(2)23(18-11-9-17(10-12-18)22(3)4)19(21-13)15-5-7-16(20)8-6-15/h5-12H,1-4H3. The molecule has 0 saturated heterocycles. The number of halogens is 1. The second-order valence-corrected chi connectivity index (χ2v) is 5.86. The number of hydrogen-bond donors (Lipinski definition) is 0. The molecule has 3 rings (SSSR count). The van der Waals surface area contributed by atoms with E-state index in [2.05, 4.69) is 45.6 Å². The maximum Gasteiger partial charge on any atom is 0.145 e. The zero-order valence-corrected chi connectivity index (χ0v) is 13.8. The van der Waals surface area contributed by atoms with E-state index in [0.29, 0.717) is 0 Å². The van der Waals surface area contributed by atoms with Crippen molar-refractivity contribution in [3.8, 4) is 17.1 Å². The summed E-state index contributed by atoms with van der Waals surface area (Å²) in [7, 11) is 4.04. The Labute approximate surface area is 136 Å². The minimum atomic E-state index is -0.240. The summed E-state index contributed by atoms with van der Waals surface area (Å²) in [5.41, 5.74) is 5.15. The van der Waals surface area contributed by atoms with Crippen molar-refractivity contribution < 1.29 is 4.39 Å². The maximum absolute atomic E-state index is 13.2. The van der Waals surface area contributed by atoms with E-state index in [9.17, 15) is 4.39 Å². The van der Waals surface area contributed by atoms with Gasteiger partial charge in [-0.15, -0.1) is 0 Å². The predicted octanol–water partition coefficient (Wildman–Crippen LogP) is 4.36. The number of anilines is 1. The molecule has 0 unspecified atom stereocenters. The molecule has 0 spiro atoms. The van der Waals surface area contributed by atoms with Gasteiger partial charge in [0.1, 0.15) is 11.6 Å². The first-order chi connectivity index (χ1) is 11.0. The van der Waals surface area contributed by atoms with E-state index < -0.39 is 0 Å². The van der Waals surface area contributed by atoms with E-state index in [1.807, 2.05) is 21.0 Å². The molecule has 0 atom stereocenters. The fraction of sp³-hybridized carbons (Fsp3) is 0.211. The van der Waals surface area contributed by atoms with Gasteiger partial charge in [-0.1, -0.05) is 0 Å². The molecule has 2 aromatic carbocycles. The van der Waals surface area contributed by atoms with Crippen LogP contribution < -0.4 is 4.90 Å². The lowest BCUT2D eigenvalue weighted by molar-refractivity contribution is 0.628. The first kappa shape index (κ1) is 15.3. The van der Waals surface area contributed by atoms with Gasteiger partial charge in [0.05, 0.1) is 5.69 Å². The zero-order chi connectivity index (χ0) is 16.6. The molecule has 0 aliphatic carbocycles. The molecular weight excluding hydrogens is 289 g/mol. The van der Waals surface area contributed by atoms with Crippen LogP contribution in [0.2, 0.25) is 0 Å². The second kappa shape index (κ2) is 5.88. The molecule has 23 heavy (non-hydrogen) atoms. The van der Waals surface area contributed by atoms with Gasteiger partial charge >= 0.3 is 0 Å². The van der Waals surface area contributed by atoms with Crippen LogP contribution in [0.5, 0.6) is 0 Å². The third-order valence-electron chi connectivity index (χ3n) is 4.07. The first-order valence-corrected chi connectivity index (χ1v) is 7.57. The van der Waals surface area contributed by atoms with E-state index in [-0.39, 0.29) is 5.82 Å². The minimum Gasteiger partial charge on any atom is -0.378 e. The summed E-state index contributed by atoms with van der Waals surface area (Å²) in [6, 6.07) is 14.8. The quantitative estimate of drug-likeness (QED) is 0.716. The van der Waals surface area contributed by atoms with Crippen molar-refractivity contribution in [1.82, 2.24) is 9.55 Å². The lowest BCUT2D eigenvalue weighted by Crippen LogP contribution is -2.08. The molecular formula is C19H20FN3. The highest BCUT2D eigenvalue weighted by atomic mass is 19.1. The summed E-state index contributed by atoms with van der Waals surface area (Å²) in [6.07, 6.45) is 0. The zero-order valence-electron chi connectivity index (χ0n) is 13.8. The Hall–Kier alpha value is -2.62. The van der Waals surface area contributed by atoms with Gasteiger partial charge in [-0.2, -0.15) is 0 Å². The lowest BCUT2D eigenvalue weighted by atomic mass is 10.2. The third kappa shape index (κ3) is 2.84. The highest BCUT2D eigenvalue weighted by Gasteiger charge is 2.14. The molecule has 4 heteroatoms. The molecule has 1 aromatic heterocycles. The van der Waals surface area contributed by atoms with Crippen molar-refractivity contribution in [3.05, 3.63) is 65.7 Å². The van der Waals surface area contributed by atoms with Crippen LogP contribution >= 0.6 is 0 Å². The smallest absolute Gasteiger partial charge is 0.145 e. The number of benzene rings is 2. The van der Waals surface area contributed by atoms with Crippen molar-refractivity contribution in [3.63, 3.8) is 0 Å². The lowest BCUT2D eigenvalue weighted by Gasteiger charge is -2.15. The molecule has 0 amide bonds. The molecule has 3 aromatic rings. The average Bonchev–Trinajstić information content (AvgIpc) is 2.84. The van der Waals surface area contributed by atoms with Gasteiger partial charge in [-0.05, 0) is 62.4 Å². The van der Waals surface area contributed by atoms with Gasteiger partial charge < -0.3 is 4.90 Å². The molecule has 0 N–H and O–H groups in total. The largest absolute Gasteiger partial charge is 0.378 e. The number of nitrogens with zero attached hydrogens (tertiary/aromatic N) is 3. The second-order valence-electron chi connectivity index (χ2n) is 5.86. The monoisotopic (exact) mass is 309 g/mol. The van der Waals surface area contributed by atoms with Crippen LogP contribution in [0.15, 0.2) is 48.5 Å². The first-order valence-electron chi connectivity index (χ1n) is 7.57. The number of rotatable bonds is 3. The third-order valence-corrected chi connectivity index (χ3v) is 4.07. The Morgan fingerprint density at radius 3 is 2.09 bits per heavy atom. The molecule has 0 aliphatic rings. The van der Waals surface area contributed by atoms with Crippen molar-refractivity contribution in [2.24, 2.45) is 0 Å². The SMILES string of the molecule is Cc1nc(-c2ccc(F)cc2)n(-c2ccc(N(C)C)cc2)c1C. The molecule has 0 bridgehead atoms. The van der Waals surface area contributed by atoms with Crippen LogP contribution in [0, 0.1) is 19.7 Å². The summed E-state index contributed by atoms with van der Waals surface area (Å²) >= 11 is 0. The normalized spacial score (nSPS) is 10.8. The molecule has 1 heterocycles. The molecule has 3 nitrogen and oxygen atoms in total. The Morgan fingerprint density at radius 1 is 0.913 bits per heavy atom. The Kier molecular flexibility index (Phi) is 3.90. The van der Waals surface area contributed by atoms with E-state index in [4.69, 9.17) is 0 Å². The summed E-state index contributed by atoms with van der Waals surface area (Å²) in [4.78, 5) is 6.74. The molecule has 0 fully saturated rings. The fourth-order valence-electron chi connectivity index (χ4n) is 2.62. The van der Waals surface area contributed by atoms with E-state index in [1.54, 1.807) is 12.1 Å². The summed E-state index contributed by atoms with van der Waals surface area (Å²) in [5.74, 6) is 0.591. The van der Waals surface area contributed by atoms with Gasteiger partial charge in [0.2, 0.25) is 0 Å². The summed E-state index contributed by atoms with van der Waals surface area (Å²) in [6.45, 7) is 4.04. The summed E-state index contributed by atoms with van der Waals surface area (Å²) < 4.78 is 15.3. The van der Waals surface area contributed by atoms with Crippen LogP contribution in [0.25, 0.3) is 17.1 Å². The molecule has 0 saturated carbocycles. The van der Waals surface area contributed by atoms with Crippen LogP contribution in [0.4, 0.5) is 10.1 Å². The highest BCUT2D eigenvalue weighted by Crippen LogP contribution is 2.27. The topological polar surface area (TPSA) is 21.1 Å². The average molecular weight is 309 g/mol. The van der Waals surface area contributed by atoms with Crippen molar-refractivity contribution in [2.75, 3.05) is 19.0 Å². The van der Waals surface area contributed by atoms with Crippen molar-refractivity contribution in [1.29, 1.82) is 0 Å². The fourth-order valence-corrected chi connectivity index (χ4v) is 2.62.